The van der Waals surface area contributed by atoms with Crippen molar-refractivity contribution in [1.82, 2.24) is 4.48 Å². The molecule has 0 saturated heterocycles. The lowest BCUT2D eigenvalue weighted by Crippen LogP contribution is -2.56. The van der Waals surface area contributed by atoms with Crippen molar-refractivity contribution in [2.75, 3.05) is 9.80 Å². The van der Waals surface area contributed by atoms with Gasteiger partial charge in [-0.3, -0.25) is 0 Å². The van der Waals surface area contributed by atoms with Crippen LogP contribution in [0.25, 0.3) is 66.4 Å². The standard InChI is InChI=1S/C56H36BN3O/c1-5-19-37(20-6-1)51-52-47(59(40-25-11-4-12-26-40)49-33-18-29-44-41-27-13-16-34-50(41)61-56(44)49)36-35-43-42-28-17-32-48-53(42)57(60(55(43)52)54(51)38-21-7-2-8-22-38)45-30-14-15-31-46(45)58(48)39-23-9-3-10-24-39/h1-36H. The van der Waals surface area contributed by atoms with Crippen molar-refractivity contribution in [3.05, 3.63) is 218 Å². The zero-order chi connectivity index (χ0) is 40.0. The van der Waals surface area contributed by atoms with Gasteiger partial charge < -0.3 is 18.7 Å². The minimum atomic E-state index is -0.107. The maximum atomic E-state index is 6.82. The highest BCUT2D eigenvalue weighted by molar-refractivity contribution is 6.89. The number of benzene rings is 9. The summed E-state index contributed by atoms with van der Waals surface area (Å²) in [7, 11) is 0. The summed E-state index contributed by atoms with van der Waals surface area (Å²) in [5.41, 5.74) is 19.4. The largest absolute Gasteiger partial charge is 0.454 e. The lowest BCUT2D eigenvalue weighted by Gasteiger charge is -2.40. The third-order valence-electron chi connectivity index (χ3n) is 12.7. The monoisotopic (exact) mass is 777 g/mol. The summed E-state index contributed by atoms with van der Waals surface area (Å²) in [4.78, 5) is 4.88. The van der Waals surface area contributed by atoms with Gasteiger partial charge in [0, 0.05) is 61.2 Å². The number of para-hydroxylation sites is 5. The average molecular weight is 778 g/mol. The Balaban J connectivity index is 1.21. The Morgan fingerprint density at radius 2 is 1.10 bits per heavy atom. The van der Waals surface area contributed by atoms with E-state index in [1.807, 2.05) is 6.07 Å². The molecule has 0 saturated carbocycles. The molecule has 11 aromatic rings. The zero-order valence-corrected chi connectivity index (χ0v) is 33.1. The van der Waals surface area contributed by atoms with E-state index in [1.54, 1.807) is 0 Å². The van der Waals surface area contributed by atoms with Gasteiger partial charge in [0.05, 0.1) is 11.4 Å². The third-order valence-corrected chi connectivity index (χ3v) is 12.7. The van der Waals surface area contributed by atoms with Crippen LogP contribution >= 0.6 is 0 Å². The molecule has 9 aromatic carbocycles. The number of fused-ring (bicyclic) bond motifs is 7. The first-order valence-corrected chi connectivity index (χ1v) is 21.0. The molecule has 0 spiro atoms. The molecule has 0 amide bonds. The molecule has 0 bridgehead atoms. The molecule has 13 rings (SSSR count). The molecule has 0 unspecified atom stereocenters. The van der Waals surface area contributed by atoms with Gasteiger partial charge in [-0.15, -0.1) is 0 Å². The van der Waals surface area contributed by atoms with E-state index in [-0.39, 0.29) is 6.85 Å². The van der Waals surface area contributed by atoms with Crippen molar-refractivity contribution >= 4 is 84.7 Å². The molecule has 4 nitrogen and oxygen atoms in total. The fourth-order valence-electron chi connectivity index (χ4n) is 10.3. The fraction of sp³-hybridized carbons (Fsp3) is 0. The molecule has 0 fully saturated rings. The predicted molar refractivity (Wildman–Crippen MR) is 255 cm³/mol. The summed E-state index contributed by atoms with van der Waals surface area (Å²) in [5.74, 6) is 0. The van der Waals surface area contributed by atoms with Gasteiger partial charge in [-0.2, -0.15) is 0 Å². The van der Waals surface area contributed by atoms with Crippen molar-refractivity contribution in [3.63, 3.8) is 0 Å². The number of anilines is 6. The normalized spacial score (nSPS) is 12.5. The van der Waals surface area contributed by atoms with Gasteiger partial charge in [0.1, 0.15) is 5.58 Å². The highest BCUT2D eigenvalue weighted by atomic mass is 16.3. The Morgan fingerprint density at radius 3 is 1.90 bits per heavy atom. The highest BCUT2D eigenvalue weighted by Crippen LogP contribution is 2.54. The molecule has 284 valence electrons. The van der Waals surface area contributed by atoms with Crippen molar-refractivity contribution in [2.45, 2.75) is 0 Å². The summed E-state index contributed by atoms with van der Waals surface area (Å²) in [6.07, 6.45) is 0. The van der Waals surface area contributed by atoms with Crippen LogP contribution in [0.15, 0.2) is 223 Å². The number of furan rings is 1. The molecule has 0 aliphatic carbocycles. The average Bonchev–Trinajstić information content (AvgIpc) is 3.90. The molecule has 5 heteroatoms. The summed E-state index contributed by atoms with van der Waals surface area (Å²) >= 11 is 0. The Bertz CT molecular complexity index is 3490. The van der Waals surface area contributed by atoms with E-state index < -0.39 is 0 Å². The van der Waals surface area contributed by atoms with Gasteiger partial charge in [0.25, 0.3) is 0 Å². The lowest BCUT2D eigenvalue weighted by molar-refractivity contribution is 0.669. The second-order valence-corrected chi connectivity index (χ2v) is 16.0. The van der Waals surface area contributed by atoms with Crippen LogP contribution in [-0.2, 0) is 0 Å². The van der Waals surface area contributed by atoms with Gasteiger partial charge in [-0.05, 0) is 82.2 Å². The van der Waals surface area contributed by atoms with Gasteiger partial charge in [-0.25, -0.2) is 0 Å². The topological polar surface area (TPSA) is 24.6 Å². The van der Waals surface area contributed by atoms with Crippen LogP contribution in [0.1, 0.15) is 0 Å². The summed E-state index contributed by atoms with van der Waals surface area (Å²) in [5, 5.41) is 3.40. The highest BCUT2D eigenvalue weighted by Gasteiger charge is 2.44. The quantitative estimate of drug-likeness (QED) is 0.157. The summed E-state index contributed by atoms with van der Waals surface area (Å²) in [6.45, 7) is -0.107. The SMILES string of the molecule is c1ccc(-c2c(-c3ccccc3)n3c4c(ccc(N(c5ccccc5)c5cccc6c5oc5ccccc56)c24)-c2cccc4c2B3c2ccccc2N4c2ccccc2)cc1. The number of hydrogen-bond donors (Lipinski definition) is 0. The molecule has 61 heavy (non-hydrogen) atoms. The van der Waals surface area contributed by atoms with Crippen molar-refractivity contribution < 1.29 is 4.42 Å². The number of aromatic nitrogens is 1. The third kappa shape index (κ3) is 4.89. The Labute approximate surface area is 353 Å². The van der Waals surface area contributed by atoms with Crippen LogP contribution in [0.5, 0.6) is 0 Å². The van der Waals surface area contributed by atoms with E-state index in [1.165, 1.54) is 66.7 Å². The Morgan fingerprint density at radius 1 is 0.459 bits per heavy atom. The molecule has 2 aliphatic rings. The fourth-order valence-corrected chi connectivity index (χ4v) is 10.3. The van der Waals surface area contributed by atoms with Crippen LogP contribution in [0.2, 0.25) is 0 Å². The van der Waals surface area contributed by atoms with Crippen LogP contribution in [0, 0.1) is 0 Å². The second-order valence-electron chi connectivity index (χ2n) is 16.0. The Kier molecular flexibility index (Phi) is 7.37. The first-order valence-electron chi connectivity index (χ1n) is 21.0. The Hall–Kier alpha value is -8.02. The first-order chi connectivity index (χ1) is 30.3. The molecular weight excluding hydrogens is 741 g/mol. The van der Waals surface area contributed by atoms with E-state index in [9.17, 15) is 0 Å². The van der Waals surface area contributed by atoms with Gasteiger partial charge in [0.15, 0.2) is 5.58 Å². The van der Waals surface area contributed by atoms with E-state index in [2.05, 4.69) is 227 Å². The lowest BCUT2D eigenvalue weighted by atomic mass is 9.45. The maximum absolute atomic E-state index is 6.82. The second kappa shape index (κ2) is 13.3. The smallest absolute Gasteiger partial charge is 0.333 e. The number of nitrogens with zero attached hydrogens (tertiary/aromatic N) is 3. The molecule has 0 N–H and O–H groups in total. The van der Waals surface area contributed by atoms with E-state index >= 15 is 0 Å². The summed E-state index contributed by atoms with van der Waals surface area (Å²) in [6, 6.07) is 79.1. The predicted octanol–water partition coefficient (Wildman–Crippen LogP) is 13.8. The van der Waals surface area contributed by atoms with Crippen LogP contribution in [0.4, 0.5) is 34.1 Å². The molecule has 2 aromatic heterocycles. The van der Waals surface area contributed by atoms with E-state index in [4.69, 9.17) is 4.42 Å². The molecule has 0 atom stereocenters. The molecule has 4 heterocycles. The molecular formula is C56H36BN3O. The van der Waals surface area contributed by atoms with Gasteiger partial charge in [0.2, 0.25) is 0 Å². The zero-order valence-electron chi connectivity index (χ0n) is 33.1. The van der Waals surface area contributed by atoms with Gasteiger partial charge in [-0.1, -0.05) is 164 Å². The van der Waals surface area contributed by atoms with Crippen molar-refractivity contribution in [3.8, 4) is 33.5 Å². The number of hydrogen-bond acceptors (Lipinski definition) is 3. The van der Waals surface area contributed by atoms with E-state index in [0.717, 1.165) is 44.7 Å². The van der Waals surface area contributed by atoms with Crippen LogP contribution < -0.4 is 20.7 Å². The van der Waals surface area contributed by atoms with Crippen molar-refractivity contribution in [1.29, 1.82) is 0 Å². The minimum Gasteiger partial charge on any atom is -0.454 e. The number of rotatable bonds is 6. The van der Waals surface area contributed by atoms with E-state index in [0.29, 0.717) is 0 Å². The first kappa shape index (κ1) is 33.9. The minimum absolute atomic E-state index is 0.107. The van der Waals surface area contributed by atoms with Crippen LogP contribution in [-0.4, -0.2) is 11.3 Å². The van der Waals surface area contributed by atoms with Gasteiger partial charge >= 0.3 is 6.85 Å². The maximum Gasteiger partial charge on any atom is 0.333 e. The van der Waals surface area contributed by atoms with Crippen LogP contribution in [0.3, 0.4) is 0 Å². The summed E-state index contributed by atoms with van der Waals surface area (Å²) < 4.78 is 9.51. The van der Waals surface area contributed by atoms with Crippen molar-refractivity contribution in [2.24, 2.45) is 0 Å². The molecule has 2 aliphatic heterocycles. The molecule has 0 radical (unpaired) electrons.